The topological polar surface area (TPSA) is 38.1 Å². The molecule has 1 fully saturated rings. The monoisotopic (exact) mass is 228 g/mol. The predicted octanol–water partition coefficient (Wildman–Crippen LogP) is 2.49. The Balaban J connectivity index is 2.01. The number of benzene rings is 1. The van der Waals surface area contributed by atoms with Gasteiger partial charge in [0.05, 0.1) is 11.4 Å². The van der Waals surface area contributed by atoms with Crippen molar-refractivity contribution in [1.82, 2.24) is 9.78 Å². The highest BCUT2D eigenvalue weighted by molar-refractivity contribution is 5.34. The summed E-state index contributed by atoms with van der Waals surface area (Å²) in [6, 6.07) is 11.9. The molecule has 1 aliphatic carbocycles. The van der Waals surface area contributed by atoms with E-state index in [4.69, 9.17) is 0 Å². The summed E-state index contributed by atoms with van der Waals surface area (Å²) in [7, 11) is 0. The molecule has 1 aromatic carbocycles. The van der Waals surface area contributed by atoms with Gasteiger partial charge >= 0.3 is 0 Å². The zero-order valence-corrected chi connectivity index (χ0v) is 9.87. The number of nitrogens with zero attached hydrogens (tertiary/aromatic N) is 2. The highest BCUT2D eigenvalue weighted by atomic mass is 16.3. The lowest BCUT2D eigenvalue weighted by molar-refractivity contribution is -0.0789. The summed E-state index contributed by atoms with van der Waals surface area (Å²) in [6.07, 6.45) is 3.40. The number of aromatic nitrogens is 2. The summed E-state index contributed by atoms with van der Waals surface area (Å²) < 4.78 is 1.84. The van der Waals surface area contributed by atoms with Crippen LogP contribution in [0.15, 0.2) is 42.6 Å². The van der Waals surface area contributed by atoms with Crippen LogP contribution < -0.4 is 0 Å². The van der Waals surface area contributed by atoms with Gasteiger partial charge in [0.1, 0.15) is 5.60 Å². The van der Waals surface area contributed by atoms with E-state index < -0.39 is 5.60 Å². The van der Waals surface area contributed by atoms with Gasteiger partial charge in [-0.15, -0.1) is 0 Å². The third-order valence-electron chi connectivity index (χ3n) is 3.49. The molecule has 3 heteroatoms. The van der Waals surface area contributed by atoms with Gasteiger partial charge in [-0.1, -0.05) is 25.1 Å². The van der Waals surface area contributed by atoms with E-state index in [1.54, 1.807) is 6.20 Å². The molecule has 1 N–H and O–H groups in total. The molecule has 3 nitrogen and oxygen atoms in total. The molecule has 0 amide bonds. The van der Waals surface area contributed by atoms with E-state index in [1.165, 1.54) is 0 Å². The van der Waals surface area contributed by atoms with Crippen molar-refractivity contribution in [1.29, 1.82) is 0 Å². The van der Waals surface area contributed by atoms with Gasteiger partial charge in [0.25, 0.3) is 0 Å². The first-order chi connectivity index (χ1) is 8.19. The summed E-state index contributed by atoms with van der Waals surface area (Å²) in [5.74, 6) is 0.596. The fraction of sp³-hybridized carbons (Fsp3) is 0.357. The SMILES string of the molecule is CC1CC(O)(c2ccnn2-c2ccccc2)C1. The summed E-state index contributed by atoms with van der Waals surface area (Å²) in [5, 5.41) is 14.8. The number of aliphatic hydroxyl groups is 1. The number of para-hydroxylation sites is 1. The van der Waals surface area contributed by atoms with E-state index in [9.17, 15) is 5.11 Å². The van der Waals surface area contributed by atoms with Crippen LogP contribution in [0.1, 0.15) is 25.5 Å². The van der Waals surface area contributed by atoms with E-state index in [1.807, 2.05) is 41.1 Å². The summed E-state index contributed by atoms with van der Waals surface area (Å²) in [5.41, 5.74) is 1.22. The van der Waals surface area contributed by atoms with Gasteiger partial charge in [-0.2, -0.15) is 5.10 Å². The van der Waals surface area contributed by atoms with Crippen LogP contribution in [0.2, 0.25) is 0 Å². The lowest BCUT2D eigenvalue weighted by Crippen LogP contribution is -2.41. The van der Waals surface area contributed by atoms with Crippen molar-refractivity contribution in [2.75, 3.05) is 0 Å². The highest BCUT2D eigenvalue weighted by Crippen LogP contribution is 2.45. The number of rotatable bonds is 2. The molecular weight excluding hydrogens is 212 g/mol. The van der Waals surface area contributed by atoms with Gasteiger partial charge < -0.3 is 5.11 Å². The molecule has 3 rings (SSSR count). The fourth-order valence-electron chi connectivity index (χ4n) is 2.73. The Hall–Kier alpha value is -1.61. The molecule has 0 unspecified atom stereocenters. The number of hydrogen-bond acceptors (Lipinski definition) is 2. The Labute approximate surface area is 101 Å². The molecule has 1 aliphatic rings. The van der Waals surface area contributed by atoms with Crippen molar-refractivity contribution in [2.24, 2.45) is 5.92 Å². The Kier molecular flexibility index (Phi) is 2.30. The first-order valence-corrected chi connectivity index (χ1v) is 6.01. The maximum atomic E-state index is 10.5. The molecule has 88 valence electrons. The van der Waals surface area contributed by atoms with Gasteiger partial charge in [0.2, 0.25) is 0 Å². The Bertz CT molecular complexity index is 512. The molecule has 0 aliphatic heterocycles. The van der Waals surface area contributed by atoms with Crippen molar-refractivity contribution >= 4 is 0 Å². The minimum atomic E-state index is -0.689. The van der Waals surface area contributed by atoms with Gasteiger partial charge in [-0.3, -0.25) is 0 Å². The van der Waals surface area contributed by atoms with Gasteiger partial charge in [0, 0.05) is 6.20 Å². The molecule has 1 aromatic heterocycles. The molecule has 1 saturated carbocycles. The van der Waals surface area contributed by atoms with Crippen molar-refractivity contribution in [3.63, 3.8) is 0 Å². The molecule has 0 bridgehead atoms. The van der Waals surface area contributed by atoms with Crippen LogP contribution in [-0.2, 0) is 5.60 Å². The lowest BCUT2D eigenvalue weighted by atomic mass is 9.70. The Morgan fingerprint density at radius 1 is 1.24 bits per heavy atom. The van der Waals surface area contributed by atoms with Crippen LogP contribution in [0.25, 0.3) is 5.69 Å². The molecule has 0 radical (unpaired) electrons. The maximum Gasteiger partial charge on any atom is 0.107 e. The second-order valence-corrected chi connectivity index (χ2v) is 5.01. The van der Waals surface area contributed by atoms with E-state index in [0.717, 1.165) is 24.2 Å². The van der Waals surface area contributed by atoms with Crippen LogP contribution in [-0.4, -0.2) is 14.9 Å². The minimum Gasteiger partial charge on any atom is -0.384 e. The van der Waals surface area contributed by atoms with E-state index >= 15 is 0 Å². The summed E-state index contributed by atoms with van der Waals surface area (Å²) in [4.78, 5) is 0. The largest absolute Gasteiger partial charge is 0.384 e. The zero-order valence-electron chi connectivity index (χ0n) is 9.87. The van der Waals surface area contributed by atoms with E-state index in [-0.39, 0.29) is 0 Å². The standard InChI is InChI=1S/C14H16N2O/c1-11-9-14(17,10-11)13-7-8-15-16(13)12-5-3-2-4-6-12/h2-8,11,17H,9-10H2,1H3. The van der Waals surface area contributed by atoms with Crippen molar-refractivity contribution in [2.45, 2.75) is 25.4 Å². The summed E-state index contributed by atoms with van der Waals surface area (Å²) in [6.45, 7) is 2.16. The normalized spacial score (nSPS) is 27.8. The molecule has 0 atom stereocenters. The van der Waals surface area contributed by atoms with Crippen LogP contribution in [0.5, 0.6) is 0 Å². The van der Waals surface area contributed by atoms with Crippen molar-refractivity contribution < 1.29 is 5.11 Å². The average molecular weight is 228 g/mol. The maximum absolute atomic E-state index is 10.5. The third kappa shape index (κ3) is 1.67. The molecular formula is C14H16N2O. The fourth-order valence-corrected chi connectivity index (χ4v) is 2.73. The third-order valence-corrected chi connectivity index (χ3v) is 3.49. The van der Waals surface area contributed by atoms with Crippen molar-refractivity contribution in [3.8, 4) is 5.69 Å². The minimum absolute atomic E-state index is 0.596. The molecule has 0 saturated heterocycles. The van der Waals surface area contributed by atoms with Gasteiger partial charge in [-0.05, 0) is 37.0 Å². The Morgan fingerprint density at radius 3 is 2.59 bits per heavy atom. The second kappa shape index (κ2) is 3.70. The smallest absolute Gasteiger partial charge is 0.107 e. The van der Waals surface area contributed by atoms with E-state index in [2.05, 4.69) is 12.0 Å². The Morgan fingerprint density at radius 2 is 1.94 bits per heavy atom. The molecule has 0 spiro atoms. The first kappa shape index (κ1) is 10.5. The van der Waals surface area contributed by atoms with Crippen LogP contribution in [0.3, 0.4) is 0 Å². The summed E-state index contributed by atoms with van der Waals surface area (Å²) >= 11 is 0. The number of hydrogen-bond donors (Lipinski definition) is 1. The second-order valence-electron chi connectivity index (χ2n) is 5.01. The zero-order chi connectivity index (χ0) is 11.9. The van der Waals surface area contributed by atoms with Crippen LogP contribution >= 0.6 is 0 Å². The predicted molar refractivity (Wildman–Crippen MR) is 65.9 cm³/mol. The molecule has 1 heterocycles. The van der Waals surface area contributed by atoms with Gasteiger partial charge in [-0.25, -0.2) is 4.68 Å². The quantitative estimate of drug-likeness (QED) is 0.857. The first-order valence-electron chi connectivity index (χ1n) is 6.01. The average Bonchev–Trinajstić information content (AvgIpc) is 2.77. The van der Waals surface area contributed by atoms with Gasteiger partial charge in [0.15, 0.2) is 0 Å². The lowest BCUT2D eigenvalue weighted by Gasteiger charge is -2.42. The molecule has 17 heavy (non-hydrogen) atoms. The highest BCUT2D eigenvalue weighted by Gasteiger charge is 2.44. The van der Waals surface area contributed by atoms with E-state index in [0.29, 0.717) is 5.92 Å². The van der Waals surface area contributed by atoms with Crippen molar-refractivity contribution in [3.05, 3.63) is 48.3 Å². The van der Waals surface area contributed by atoms with Crippen LogP contribution in [0, 0.1) is 5.92 Å². The van der Waals surface area contributed by atoms with Crippen LogP contribution in [0.4, 0.5) is 0 Å². The molecule has 2 aromatic rings.